The second-order valence-corrected chi connectivity index (χ2v) is 4.83. The van der Waals surface area contributed by atoms with E-state index in [-0.39, 0.29) is 24.7 Å². The molecule has 1 aromatic carbocycles. The Morgan fingerprint density at radius 3 is 1.07 bits per heavy atom. The molecule has 0 bridgehead atoms. The highest BCUT2D eigenvalue weighted by Gasteiger charge is 2.22. The van der Waals surface area contributed by atoms with Crippen LogP contribution in [-0.4, -0.2) is 90.3 Å². The third-order valence-electron chi connectivity index (χ3n) is 2.11. The van der Waals surface area contributed by atoms with Crippen LogP contribution in [0.25, 0.3) is 0 Å². The molecular formula is C15H20O12S2. The van der Waals surface area contributed by atoms with Crippen LogP contribution in [0.3, 0.4) is 0 Å². The number of rotatable bonds is 6. The molecule has 0 amide bonds. The largest absolute Gasteiger partial charge is 0.481 e. The van der Waals surface area contributed by atoms with E-state index < -0.39 is 46.5 Å². The van der Waals surface area contributed by atoms with Crippen LogP contribution in [-0.2, 0) is 9.59 Å². The molecule has 0 fully saturated rings. The van der Waals surface area contributed by atoms with E-state index in [1.54, 1.807) is 0 Å². The number of aliphatic hydroxyl groups is 2. The Labute approximate surface area is 174 Å². The fraction of sp³-hybridized carbons (Fsp3) is 0.267. The van der Waals surface area contributed by atoms with Gasteiger partial charge in [0.15, 0.2) is 0 Å². The van der Waals surface area contributed by atoms with Gasteiger partial charge in [-0.3, -0.25) is 9.59 Å². The average molecular weight is 456 g/mol. The molecule has 0 radical (unpaired) electrons. The van der Waals surface area contributed by atoms with Gasteiger partial charge in [-0.25, -0.2) is 14.4 Å². The maximum Gasteiger partial charge on any atom is 0.337 e. The van der Waals surface area contributed by atoms with Gasteiger partial charge in [0.05, 0.1) is 41.4 Å². The molecule has 0 heterocycles. The number of hydrogen-bond acceptors (Lipinski definition) is 9. The van der Waals surface area contributed by atoms with E-state index >= 15 is 0 Å². The number of aliphatic hydroxyl groups excluding tert-OH is 2. The zero-order valence-corrected chi connectivity index (χ0v) is 16.4. The Kier molecular flexibility index (Phi) is 19.8. The summed E-state index contributed by atoms with van der Waals surface area (Å²) in [6.45, 7) is -0.250. The lowest BCUT2D eigenvalue weighted by Gasteiger charge is -2.04. The first-order valence-electron chi connectivity index (χ1n) is 7.10. The maximum absolute atomic E-state index is 10.7. The Morgan fingerprint density at radius 1 is 0.655 bits per heavy atom. The van der Waals surface area contributed by atoms with Crippen LogP contribution in [0.5, 0.6) is 0 Å². The summed E-state index contributed by atoms with van der Waals surface area (Å²) in [6, 6.07) is 3.26. The summed E-state index contributed by atoms with van der Waals surface area (Å²) in [5.74, 6) is -6.46. The molecule has 0 atom stereocenters. The van der Waals surface area contributed by atoms with Crippen molar-refractivity contribution in [1.29, 1.82) is 0 Å². The van der Waals surface area contributed by atoms with E-state index in [4.69, 9.17) is 35.7 Å². The predicted molar refractivity (Wildman–Crippen MR) is 104 cm³/mol. The van der Waals surface area contributed by atoms with Crippen molar-refractivity contribution in [1.82, 2.24) is 0 Å². The third-order valence-corrected chi connectivity index (χ3v) is 2.65. The first-order chi connectivity index (χ1) is 13.4. The van der Waals surface area contributed by atoms with Crippen LogP contribution in [0, 0.1) is 0 Å². The minimum Gasteiger partial charge on any atom is -0.481 e. The number of thiol groups is 2. The smallest absolute Gasteiger partial charge is 0.337 e. The Bertz CT molecular complexity index is 642. The normalized spacial score (nSPS) is 8.55. The number of carboxylic acid groups (broad SMARTS) is 5. The van der Waals surface area contributed by atoms with Crippen molar-refractivity contribution >= 4 is 55.1 Å². The average Bonchev–Trinajstić information content (AvgIpc) is 2.68. The van der Waals surface area contributed by atoms with Gasteiger partial charge in [-0.05, 0) is 12.1 Å². The van der Waals surface area contributed by atoms with Crippen molar-refractivity contribution < 1.29 is 59.7 Å². The molecule has 12 nitrogen and oxygen atoms in total. The summed E-state index contributed by atoms with van der Waals surface area (Å²) < 4.78 is 0. The fourth-order valence-corrected chi connectivity index (χ4v) is 1.14. The summed E-state index contributed by atoms with van der Waals surface area (Å²) in [4.78, 5) is 50.6. The van der Waals surface area contributed by atoms with Crippen LogP contribution >= 0.6 is 25.3 Å². The Balaban J connectivity index is -0.000000396. The molecule has 7 N–H and O–H groups in total. The molecule has 0 saturated heterocycles. The summed E-state index contributed by atoms with van der Waals surface area (Å²) in [5.41, 5.74) is -1.79. The molecule has 0 aliphatic heterocycles. The highest BCUT2D eigenvalue weighted by Crippen LogP contribution is 2.15. The van der Waals surface area contributed by atoms with Crippen molar-refractivity contribution in [3.8, 4) is 0 Å². The standard InChI is InChI=1S/C9H6O6.2C2H4O2S.C2H6O2/c10-7(11)4-2-1-3-5(8(12)13)6(4)9(14)15;2*3-2(4)1-5;3-1-2-4/h1-3H,(H,10,11)(H,12,13)(H,14,15);2*5H,1H2,(H,3,4);3-4H,1-2H2. The minimum atomic E-state index is -1.58. The van der Waals surface area contributed by atoms with Crippen LogP contribution in [0.4, 0.5) is 0 Å². The second-order valence-electron chi connectivity index (χ2n) is 4.19. The monoisotopic (exact) mass is 456 g/mol. The number of aromatic carboxylic acids is 3. The molecule has 0 unspecified atom stereocenters. The van der Waals surface area contributed by atoms with E-state index in [2.05, 4.69) is 25.3 Å². The number of carboxylic acids is 5. The molecular weight excluding hydrogens is 436 g/mol. The Morgan fingerprint density at radius 2 is 0.931 bits per heavy atom. The summed E-state index contributed by atoms with van der Waals surface area (Å²) >= 11 is 6.83. The van der Waals surface area contributed by atoms with Crippen LogP contribution in [0.1, 0.15) is 31.1 Å². The van der Waals surface area contributed by atoms with Crippen LogP contribution in [0.15, 0.2) is 18.2 Å². The summed E-state index contributed by atoms with van der Waals surface area (Å²) in [5, 5.41) is 56.6. The number of carbonyl (C=O) groups is 5. The molecule has 14 heteroatoms. The molecule has 0 aromatic heterocycles. The molecule has 1 aromatic rings. The van der Waals surface area contributed by atoms with Gasteiger partial charge in [0.25, 0.3) is 0 Å². The zero-order valence-electron chi connectivity index (χ0n) is 14.6. The second kappa shape index (κ2) is 18.5. The first-order valence-corrected chi connectivity index (χ1v) is 8.37. The zero-order chi connectivity index (χ0) is 23.6. The SMILES string of the molecule is O=C(O)CS.O=C(O)CS.O=C(O)c1cccc(C(=O)O)c1C(=O)O.OCCO. The lowest BCUT2D eigenvalue weighted by Crippen LogP contribution is -2.14. The van der Waals surface area contributed by atoms with Crippen molar-refractivity contribution in [2.24, 2.45) is 0 Å². The molecule has 29 heavy (non-hydrogen) atoms. The van der Waals surface area contributed by atoms with Gasteiger partial charge in [0.2, 0.25) is 0 Å². The van der Waals surface area contributed by atoms with E-state index in [0.717, 1.165) is 12.1 Å². The highest BCUT2D eigenvalue weighted by molar-refractivity contribution is 7.81. The first kappa shape index (κ1) is 30.9. The van der Waals surface area contributed by atoms with Gasteiger partial charge in [-0.15, -0.1) is 0 Å². The van der Waals surface area contributed by atoms with Gasteiger partial charge >= 0.3 is 29.8 Å². The van der Waals surface area contributed by atoms with E-state index in [1.807, 2.05) is 0 Å². The lowest BCUT2D eigenvalue weighted by molar-refractivity contribution is -0.134. The molecule has 0 spiro atoms. The highest BCUT2D eigenvalue weighted by atomic mass is 32.1. The number of benzene rings is 1. The van der Waals surface area contributed by atoms with Gasteiger partial charge in [0.1, 0.15) is 0 Å². The summed E-state index contributed by atoms with van der Waals surface area (Å²) in [7, 11) is 0. The van der Waals surface area contributed by atoms with Crippen LogP contribution < -0.4 is 0 Å². The van der Waals surface area contributed by atoms with Gasteiger partial charge < -0.3 is 35.7 Å². The third kappa shape index (κ3) is 17.0. The van der Waals surface area contributed by atoms with Crippen molar-refractivity contribution in [2.45, 2.75) is 0 Å². The van der Waals surface area contributed by atoms with Crippen molar-refractivity contribution in [3.63, 3.8) is 0 Å². The number of hydrogen-bond donors (Lipinski definition) is 9. The van der Waals surface area contributed by atoms with E-state index in [9.17, 15) is 24.0 Å². The quantitative estimate of drug-likeness (QED) is 0.253. The molecule has 0 aliphatic carbocycles. The topological polar surface area (TPSA) is 227 Å². The maximum atomic E-state index is 10.7. The van der Waals surface area contributed by atoms with Crippen molar-refractivity contribution in [3.05, 3.63) is 34.9 Å². The fourth-order valence-electron chi connectivity index (χ4n) is 1.14. The Hall–Kier alpha value is -2.81. The van der Waals surface area contributed by atoms with Gasteiger partial charge in [-0.2, -0.15) is 25.3 Å². The van der Waals surface area contributed by atoms with Crippen LogP contribution in [0.2, 0.25) is 0 Å². The minimum absolute atomic E-state index is 0.0833. The van der Waals surface area contributed by atoms with E-state index in [1.165, 1.54) is 6.07 Å². The molecule has 0 aliphatic rings. The van der Waals surface area contributed by atoms with Gasteiger partial charge in [-0.1, -0.05) is 6.07 Å². The molecule has 164 valence electrons. The lowest BCUT2D eigenvalue weighted by atomic mass is 10.0. The molecule has 0 saturated carbocycles. The van der Waals surface area contributed by atoms with Gasteiger partial charge in [0, 0.05) is 0 Å². The summed E-state index contributed by atoms with van der Waals surface area (Å²) in [6.07, 6.45) is 0. The van der Waals surface area contributed by atoms with E-state index in [0.29, 0.717) is 0 Å². The predicted octanol–water partition coefficient (Wildman–Crippen LogP) is -0.246. The number of aliphatic carboxylic acids is 2. The molecule has 1 rings (SSSR count). The van der Waals surface area contributed by atoms with Crippen molar-refractivity contribution in [2.75, 3.05) is 24.7 Å².